The molecule has 0 aliphatic carbocycles. The SMILES string of the molecule is CC1NC(=O)C(C)N(Cc2ccccn2)C1=O. The molecule has 1 saturated heterocycles. The fourth-order valence-electron chi connectivity index (χ4n) is 1.86. The van der Waals surface area contributed by atoms with E-state index in [0.29, 0.717) is 6.54 Å². The second kappa shape index (κ2) is 4.53. The van der Waals surface area contributed by atoms with Crippen molar-refractivity contribution in [2.75, 3.05) is 0 Å². The van der Waals surface area contributed by atoms with Gasteiger partial charge in [0.05, 0.1) is 12.2 Å². The number of hydrogen-bond donors (Lipinski definition) is 1. The maximum atomic E-state index is 12.0. The van der Waals surface area contributed by atoms with Crippen LogP contribution in [0.5, 0.6) is 0 Å². The second-order valence-corrected chi connectivity index (χ2v) is 4.19. The lowest BCUT2D eigenvalue weighted by Crippen LogP contribution is -2.61. The van der Waals surface area contributed by atoms with E-state index in [-0.39, 0.29) is 11.8 Å². The van der Waals surface area contributed by atoms with Gasteiger partial charge < -0.3 is 10.2 Å². The molecule has 2 atom stereocenters. The molecule has 5 nitrogen and oxygen atoms in total. The Labute approximate surface area is 99.8 Å². The molecule has 0 aromatic carbocycles. The Morgan fingerprint density at radius 2 is 2.12 bits per heavy atom. The fourth-order valence-corrected chi connectivity index (χ4v) is 1.86. The first-order valence-electron chi connectivity index (χ1n) is 5.60. The molecule has 2 rings (SSSR count). The third kappa shape index (κ3) is 2.27. The Morgan fingerprint density at radius 1 is 1.35 bits per heavy atom. The average molecular weight is 233 g/mol. The zero-order valence-electron chi connectivity index (χ0n) is 9.88. The van der Waals surface area contributed by atoms with Gasteiger partial charge in [0.1, 0.15) is 12.1 Å². The highest BCUT2D eigenvalue weighted by Crippen LogP contribution is 2.13. The number of piperazine rings is 1. The van der Waals surface area contributed by atoms with Gasteiger partial charge in [0, 0.05) is 6.20 Å². The summed E-state index contributed by atoms with van der Waals surface area (Å²) in [6.07, 6.45) is 1.68. The highest BCUT2D eigenvalue weighted by Gasteiger charge is 2.35. The fraction of sp³-hybridized carbons (Fsp3) is 0.417. The first kappa shape index (κ1) is 11.6. The largest absolute Gasteiger partial charge is 0.343 e. The summed E-state index contributed by atoms with van der Waals surface area (Å²) in [6, 6.07) is 4.63. The van der Waals surface area contributed by atoms with Gasteiger partial charge in [-0.2, -0.15) is 0 Å². The number of amides is 2. The highest BCUT2D eigenvalue weighted by molar-refractivity contribution is 5.96. The number of carbonyl (C=O) groups excluding carboxylic acids is 2. The van der Waals surface area contributed by atoms with E-state index in [1.165, 1.54) is 0 Å². The molecular weight excluding hydrogens is 218 g/mol. The van der Waals surface area contributed by atoms with Crippen molar-refractivity contribution in [1.29, 1.82) is 0 Å². The van der Waals surface area contributed by atoms with Crippen LogP contribution in [0.2, 0.25) is 0 Å². The van der Waals surface area contributed by atoms with Crippen LogP contribution in [0.4, 0.5) is 0 Å². The zero-order valence-corrected chi connectivity index (χ0v) is 9.88. The van der Waals surface area contributed by atoms with E-state index in [1.807, 2.05) is 18.2 Å². The number of aromatic nitrogens is 1. The Kier molecular flexibility index (Phi) is 3.08. The van der Waals surface area contributed by atoms with Crippen molar-refractivity contribution in [2.45, 2.75) is 32.5 Å². The molecule has 2 amide bonds. The van der Waals surface area contributed by atoms with Crippen molar-refractivity contribution < 1.29 is 9.59 Å². The number of carbonyl (C=O) groups is 2. The van der Waals surface area contributed by atoms with Gasteiger partial charge in [0.15, 0.2) is 0 Å². The molecule has 1 aliphatic rings. The molecule has 1 aromatic rings. The summed E-state index contributed by atoms with van der Waals surface area (Å²) in [5, 5.41) is 2.64. The Bertz CT molecular complexity index is 433. The van der Waals surface area contributed by atoms with E-state index in [4.69, 9.17) is 0 Å². The molecule has 2 heterocycles. The summed E-state index contributed by atoms with van der Waals surface area (Å²) in [7, 11) is 0. The summed E-state index contributed by atoms with van der Waals surface area (Å²) >= 11 is 0. The topological polar surface area (TPSA) is 62.3 Å². The van der Waals surface area contributed by atoms with Crippen LogP contribution in [0, 0.1) is 0 Å². The minimum atomic E-state index is -0.456. The van der Waals surface area contributed by atoms with Gasteiger partial charge in [-0.15, -0.1) is 0 Å². The Hall–Kier alpha value is -1.91. The standard InChI is InChI=1S/C12H15N3O2/c1-8-12(17)15(9(2)11(16)14-8)7-10-5-3-4-6-13-10/h3-6,8-9H,7H2,1-2H3,(H,14,16). The summed E-state index contributed by atoms with van der Waals surface area (Å²) in [6.45, 7) is 3.79. The van der Waals surface area contributed by atoms with E-state index in [1.54, 1.807) is 24.9 Å². The molecule has 1 aromatic heterocycles. The first-order chi connectivity index (χ1) is 8.09. The van der Waals surface area contributed by atoms with Gasteiger partial charge in [-0.05, 0) is 26.0 Å². The predicted molar refractivity (Wildman–Crippen MR) is 61.9 cm³/mol. The monoisotopic (exact) mass is 233 g/mol. The zero-order chi connectivity index (χ0) is 12.4. The molecule has 1 aliphatic heterocycles. The van der Waals surface area contributed by atoms with Crippen LogP contribution in [0.25, 0.3) is 0 Å². The lowest BCUT2D eigenvalue weighted by atomic mass is 10.1. The minimum absolute atomic E-state index is 0.0669. The van der Waals surface area contributed by atoms with Crippen LogP contribution in [0.15, 0.2) is 24.4 Å². The minimum Gasteiger partial charge on any atom is -0.343 e. The van der Waals surface area contributed by atoms with E-state index in [0.717, 1.165) is 5.69 Å². The molecule has 0 radical (unpaired) electrons. The number of nitrogens with zero attached hydrogens (tertiary/aromatic N) is 2. The predicted octanol–water partition coefficient (Wildman–Crippen LogP) is 0.317. The van der Waals surface area contributed by atoms with Crippen LogP contribution < -0.4 is 5.32 Å². The third-order valence-electron chi connectivity index (χ3n) is 2.92. The summed E-state index contributed by atoms with van der Waals surface area (Å²) in [4.78, 5) is 29.3. The molecule has 5 heteroatoms. The number of hydrogen-bond acceptors (Lipinski definition) is 3. The van der Waals surface area contributed by atoms with Crippen molar-refractivity contribution in [3.63, 3.8) is 0 Å². The van der Waals surface area contributed by atoms with Crippen molar-refractivity contribution in [3.05, 3.63) is 30.1 Å². The van der Waals surface area contributed by atoms with Crippen LogP contribution in [0.1, 0.15) is 19.5 Å². The van der Waals surface area contributed by atoms with Crippen molar-refractivity contribution in [2.24, 2.45) is 0 Å². The molecule has 90 valence electrons. The Morgan fingerprint density at radius 3 is 2.76 bits per heavy atom. The molecular formula is C12H15N3O2. The average Bonchev–Trinajstić information content (AvgIpc) is 2.33. The van der Waals surface area contributed by atoms with Crippen molar-refractivity contribution >= 4 is 11.8 Å². The maximum Gasteiger partial charge on any atom is 0.245 e. The molecule has 0 saturated carbocycles. The van der Waals surface area contributed by atoms with Gasteiger partial charge >= 0.3 is 0 Å². The molecule has 0 spiro atoms. The first-order valence-corrected chi connectivity index (χ1v) is 5.60. The van der Waals surface area contributed by atoms with Gasteiger partial charge in [-0.25, -0.2) is 0 Å². The lowest BCUT2D eigenvalue weighted by molar-refractivity contribution is -0.148. The maximum absolute atomic E-state index is 12.0. The molecule has 17 heavy (non-hydrogen) atoms. The van der Waals surface area contributed by atoms with Crippen LogP contribution in [-0.4, -0.2) is 33.8 Å². The highest BCUT2D eigenvalue weighted by atomic mass is 16.2. The summed E-state index contributed by atoms with van der Waals surface area (Å²) in [5.41, 5.74) is 0.787. The number of rotatable bonds is 2. The van der Waals surface area contributed by atoms with Crippen molar-refractivity contribution in [1.82, 2.24) is 15.2 Å². The summed E-state index contributed by atoms with van der Waals surface area (Å²) in [5.74, 6) is -0.184. The van der Waals surface area contributed by atoms with Crippen LogP contribution >= 0.6 is 0 Å². The summed E-state index contributed by atoms with van der Waals surface area (Å²) < 4.78 is 0. The van der Waals surface area contributed by atoms with Gasteiger partial charge in [0.25, 0.3) is 0 Å². The van der Waals surface area contributed by atoms with Gasteiger partial charge in [-0.3, -0.25) is 14.6 Å². The van der Waals surface area contributed by atoms with Gasteiger partial charge in [-0.1, -0.05) is 6.07 Å². The van der Waals surface area contributed by atoms with Crippen LogP contribution in [0.3, 0.4) is 0 Å². The smallest absolute Gasteiger partial charge is 0.245 e. The number of nitrogens with one attached hydrogen (secondary N) is 1. The van der Waals surface area contributed by atoms with Crippen molar-refractivity contribution in [3.8, 4) is 0 Å². The Balaban J connectivity index is 2.18. The third-order valence-corrected chi connectivity index (χ3v) is 2.92. The second-order valence-electron chi connectivity index (χ2n) is 4.19. The number of pyridine rings is 1. The quantitative estimate of drug-likeness (QED) is 0.800. The lowest BCUT2D eigenvalue weighted by Gasteiger charge is -2.35. The normalized spacial score (nSPS) is 24.7. The molecule has 1 N–H and O–H groups in total. The van der Waals surface area contributed by atoms with E-state index in [9.17, 15) is 9.59 Å². The van der Waals surface area contributed by atoms with E-state index in [2.05, 4.69) is 10.3 Å². The molecule has 1 fully saturated rings. The molecule has 2 unspecified atom stereocenters. The van der Waals surface area contributed by atoms with E-state index >= 15 is 0 Å². The van der Waals surface area contributed by atoms with E-state index < -0.39 is 12.1 Å². The molecule has 0 bridgehead atoms. The van der Waals surface area contributed by atoms with Gasteiger partial charge in [0.2, 0.25) is 11.8 Å². The van der Waals surface area contributed by atoms with Crippen LogP contribution in [-0.2, 0) is 16.1 Å².